The third kappa shape index (κ3) is 3.76. The molecule has 0 radical (unpaired) electrons. The molecule has 1 saturated heterocycles. The molecule has 1 amide bonds. The van der Waals surface area contributed by atoms with E-state index >= 15 is 0 Å². The topological polar surface area (TPSA) is 79.6 Å². The molecule has 19 heavy (non-hydrogen) atoms. The zero-order valence-electron chi connectivity index (χ0n) is 11.2. The van der Waals surface area contributed by atoms with Crippen LogP contribution in [0.25, 0.3) is 0 Å². The Labute approximate surface area is 112 Å². The number of nitrogens with one attached hydrogen (secondary N) is 1. The Morgan fingerprint density at radius 2 is 2.42 bits per heavy atom. The van der Waals surface area contributed by atoms with Gasteiger partial charge in [0.2, 0.25) is 5.91 Å². The number of methoxy groups -OCH3 is 1. The van der Waals surface area contributed by atoms with Gasteiger partial charge in [0.15, 0.2) is 0 Å². The number of amides is 1. The maximum Gasteiger partial charge on any atom is 0.246 e. The first-order valence-electron chi connectivity index (χ1n) is 6.24. The van der Waals surface area contributed by atoms with E-state index < -0.39 is 6.10 Å². The van der Waals surface area contributed by atoms with E-state index in [9.17, 15) is 9.90 Å². The van der Waals surface area contributed by atoms with Crippen LogP contribution in [0.5, 0.6) is 0 Å². The first kappa shape index (κ1) is 14.0. The SMILES string of the molecule is COCC(=O)N[C@@H]1CN(Cc2cn(C)cn2)C[C@H]1O. The number of β-amino-alcohol motifs (C(OH)–C–C–N with tert-alkyl or cyclic N) is 1. The number of aliphatic hydroxyl groups excluding tert-OH is 1. The van der Waals surface area contributed by atoms with Gasteiger partial charge in [-0.2, -0.15) is 0 Å². The van der Waals surface area contributed by atoms with E-state index in [1.165, 1.54) is 7.11 Å². The van der Waals surface area contributed by atoms with Crippen LogP contribution in [0.1, 0.15) is 5.69 Å². The number of rotatable bonds is 5. The van der Waals surface area contributed by atoms with Crippen molar-refractivity contribution in [3.05, 3.63) is 18.2 Å². The van der Waals surface area contributed by atoms with Gasteiger partial charge in [0.25, 0.3) is 0 Å². The van der Waals surface area contributed by atoms with Crippen LogP contribution < -0.4 is 5.32 Å². The van der Waals surface area contributed by atoms with Crippen molar-refractivity contribution in [1.29, 1.82) is 0 Å². The average molecular weight is 268 g/mol. The molecule has 106 valence electrons. The zero-order chi connectivity index (χ0) is 13.8. The summed E-state index contributed by atoms with van der Waals surface area (Å²) < 4.78 is 6.64. The van der Waals surface area contributed by atoms with Gasteiger partial charge in [-0.05, 0) is 0 Å². The molecule has 0 unspecified atom stereocenters. The molecule has 1 aromatic rings. The van der Waals surface area contributed by atoms with Crippen LogP contribution in [0, 0.1) is 0 Å². The number of aliphatic hydroxyl groups is 1. The van der Waals surface area contributed by atoms with Crippen LogP contribution in [0.2, 0.25) is 0 Å². The summed E-state index contributed by atoms with van der Waals surface area (Å²) in [6.07, 6.45) is 3.15. The lowest BCUT2D eigenvalue weighted by atomic mass is 10.2. The van der Waals surface area contributed by atoms with Gasteiger partial charge >= 0.3 is 0 Å². The average Bonchev–Trinajstić information content (AvgIpc) is 2.87. The summed E-state index contributed by atoms with van der Waals surface area (Å²) >= 11 is 0. The van der Waals surface area contributed by atoms with E-state index in [1.807, 2.05) is 17.8 Å². The summed E-state index contributed by atoms with van der Waals surface area (Å²) in [6.45, 7) is 1.85. The molecular formula is C12H20N4O3. The second kappa shape index (κ2) is 6.14. The van der Waals surface area contributed by atoms with E-state index in [4.69, 9.17) is 4.74 Å². The Kier molecular flexibility index (Phi) is 4.52. The molecule has 1 aliphatic rings. The molecule has 1 fully saturated rings. The monoisotopic (exact) mass is 268 g/mol. The Bertz CT molecular complexity index is 434. The predicted molar refractivity (Wildman–Crippen MR) is 68.3 cm³/mol. The molecular weight excluding hydrogens is 248 g/mol. The molecule has 2 N–H and O–H groups in total. The fourth-order valence-corrected chi connectivity index (χ4v) is 2.29. The fourth-order valence-electron chi connectivity index (χ4n) is 2.29. The molecule has 1 aliphatic heterocycles. The van der Waals surface area contributed by atoms with Gasteiger partial charge in [-0.3, -0.25) is 9.69 Å². The highest BCUT2D eigenvalue weighted by Crippen LogP contribution is 2.13. The number of hydrogen-bond donors (Lipinski definition) is 2. The van der Waals surface area contributed by atoms with Crippen LogP contribution in [0.3, 0.4) is 0 Å². The third-order valence-electron chi connectivity index (χ3n) is 3.13. The zero-order valence-corrected chi connectivity index (χ0v) is 11.2. The number of imidazole rings is 1. The van der Waals surface area contributed by atoms with Crippen LogP contribution in [-0.2, 0) is 23.1 Å². The molecule has 2 heterocycles. The lowest BCUT2D eigenvalue weighted by Gasteiger charge is -2.15. The van der Waals surface area contributed by atoms with E-state index in [-0.39, 0.29) is 18.6 Å². The highest BCUT2D eigenvalue weighted by molar-refractivity contribution is 5.77. The molecule has 2 rings (SSSR count). The number of nitrogens with zero attached hydrogens (tertiary/aromatic N) is 3. The van der Waals surface area contributed by atoms with E-state index in [1.54, 1.807) is 6.33 Å². The smallest absolute Gasteiger partial charge is 0.246 e. The van der Waals surface area contributed by atoms with Crippen LogP contribution >= 0.6 is 0 Å². The highest BCUT2D eigenvalue weighted by atomic mass is 16.5. The van der Waals surface area contributed by atoms with Gasteiger partial charge < -0.3 is 19.7 Å². The molecule has 0 aliphatic carbocycles. The Morgan fingerprint density at radius 3 is 3.05 bits per heavy atom. The standard InChI is InChI=1S/C12H20N4O3/c1-15-3-9(13-8-15)4-16-5-10(11(17)6-16)14-12(18)7-19-2/h3,8,10-11,17H,4-7H2,1-2H3,(H,14,18)/t10-,11-/m1/s1. The summed E-state index contributed by atoms with van der Waals surface area (Å²) in [5.41, 5.74) is 0.957. The molecule has 2 atom stereocenters. The normalized spacial score (nSPS) is 23.7. The minimum Gasteiger partial charge on any atom is -0.390 e. The number of likely N-dealkylation sites (tertiary alicyclic amines) is 1. The van der Waals surface area contributed by atoms with Crippen molar-refractivity contribution in [3.63, 3.8) is 0 Å². The first-order valence-corrected chi connectivity index (χ1v) is 6.24. The van der Waals surface area contributed by atoms with Crippen molar-refractivity contribution in [2.24, 2.45) is 7.05 Å². The number of aromatic nitrogens is 2. The molecule has 7 heteroatoms. The van der Waals surface area contributed by atoms with Gasteiger partial charge in [0.05, 0.1) is 24.2 Å². The summed E-state index contributed by atoms with van der Waals surface area (Å²) in [6, 6.07) is -0.244. The number of carbonyl (C=O) groups is 1. The minimum absolute atomic E-state index is 0.0173. The number of aryl methyl sites for hydroxylation is 1. The Balaban J connectivity index is 1.84. The Morgan fingerprint density at radius 1 is 1.63 bits per heavy atom. The molecule has 1 aromatic heterocycles. The van der Waals surface area contributed by atoms with E-state index in [0.717, 1.165) is 5.69 Å². The van der Waals surface area contributed by atoms with Gasteiger partial charge in [0.1, 0.15) is 6.61 Å². The molecule has 0 spiro atoms. The summed E-state index contributed by atoms with van der Waals surface area (Å²) in [7, 11) is 3.39. The van der Waals surface area contributed by atoms with Crippen molar-refractivity contribution in [1.82, 2.24) is 19.8 Å². The molecule has 0 saturated carbocycles. The lowest BCUT2D eigenvalue weighted by molar-refractivity contribution is -0.125. The maximum absolute atomic E-state index is 11.4. The number of hydrogen-bond acceptors (Lipinski definition) is 5. The number of ether oxygens (including phenoxy) is 1. The second-order valence-electron chi connectivity index (χ2n) is 4.90. The first-order chi connectivity index (χ1) is 9.08. The van der Waals surface area contributed by atoms with Crippen molar-refractivity contribution >= 4 is 5.91 Å². The number of carbonyl (C=O) groups excluding carboxylic acids is 1. The predicted octanol–water partition coefficient (Wildman–Crippen LogP) is -1.27. The van der Waals surface area contributed by atoms with Gasteiger partial charge in [0, 0.05) is 40.0 Å². The minimum atomic E-state index is -0.551. The summed E-state index contributed by atoms with van der Waals surface area (Å²) in [5, 5.41) is 12.7. The van der Waals surface area contributed by atoms with Crippen molar-refractivity contribution in [3.8, 4) is 0 Å². The molecule has 7 nitrogen and oxygen atoms in total. The van der Waals surface area contributed by atoms with Crippen molar-refractivity contribution in [2.75, 3.05) is 26.8 Å². The summed E-state index contributed by atoms with van der Waals surface area (Å²) in [4.78, 5) is 17.8. The van der Waals surface area contributed by atoms with Crippen LogP contribution in [0.4, 0.5) is 0 Å². The maximum atomic E-state index is 11.4. The highest BCUT2D eigenvalue weighted by Gasteiger charge is 2.32. The van der Waals surface area contributed by atoms with E-state index in [2.05, 4.69) is 15.2 Å². The van der Waals surface area contributed by atoms with Gasteiger partial charge in [-0.15, -0.1) is 0 Å². The second-order valence-corrected chi connectivity index (χ2v) is 4.90. The van der Waals surface area contributed by atoms with E-state index in [0.29, 0.717) is 19.6 Å². The quantitative estimate of drug-likeness (QED) is 0.696. The summed E-state index contributed by atoms with van der Waals surface area (Å²) in [5.74, 6) is -0.203. The third-order valence-corrected chi connectivity index (χ3v) is 3.13. The van der Waals surface area contributed by atoms with Crippen LogP contribution in [0.15, 0.2) is 12.5 Å². The van der Waals surface area contributed by atoms with Gasteiger partial charge in [-0.1, -0.05) is 0 Å². The largest absolute Gasteiger partial charge is 0.390 e. The van der Waals surface area contributed by atoms with Crippen molar-refractivity contribution < 1.29 is 14.6 Å². The Hall–Kier alpha value is -1.44. The van der Waals surface area contributed by atoms with Crippen molar-refractivity contribution in [2.45, 2.75) is 18.7 Å². The molecule has 0 bridgehead atoms. The van der Waals surface area contributed by atoms with Crippen LogP contribution in [-0.4, -0.2) is 64.4 Å². The molecule has 0 aromatic carbocycles. The van der Waals surface area contributed by atoms with Gasteiger partial charge in [-0.25, -0.2) is 4.98 Å². The lowest BCUT2D eigenvalue weighted by Crippen LogP contribution is -2.44. The fraction of sp³-hybridized carbons (Fsp3) is 0.667.